The normalized spacial score (nSPS) is 12.3. The van der Waals surface area contributed by atoms with Crippen LogP contribution in [0.25, 0.3) is 10.1 Å². The van der Waals surface area contributed by atoms with E-state index in [1.807, 2.05) is 48.3 Å². The third-order valence-corrected chi connectivity index (χ3v) is 5.28. The zero-order chi connectivity index (χ0) is 15.7. The number of nitrogens with zero attached hydrogens (tertiary/aromatic N) is 1. The molecule has 3 aromatic rings. The van der Waals surface area contributed by atoms with Crippen molar-refractivity contribution in [2.24, 2.45) is 0 Å². The van der Waals surface area contributed by atoms with Gasteiger partial charge in [0.1, 0.15) is 0 Å². The molecule has 0 spiro atoms. The molecule has 2 aromatic carbocycles. The Balaban J connectivity index is 1.89. The molecule has 0 aliphatic heterocycles. The number of hydrogen-bond acceptors (Lipinski definition) is 2. The number of benzene rings is 2. The smallest absolute Gasteiger partial charge is 0.264 e. The van der Waals surface area contributed by atoms with Crippen LogP contribution in [0.1, 0.15) is 33.8 Å². The Morgan fingerprint density at radius 1 is 1.09 bits per heavy atom. The topological polar surface area (TPSA) is 20.3 Å². The number of aryl methyl sites for hydroxylation is 1. The van der Waals surface area contributed by atoms with Crippen molar-refractivity contribution in [1.82, 2.24) is 4.90 Å². The highest BCUT2D eigenvalue weighted by Gasteiger charge is 2.21. The molecule has 3 heteroatoms. The van der Waals surface area contributed by atoms with Gasteiger partial charge < -0.3 is 4.90 Å². The second-order valence-electron chi connectivity index (χ2n) is 5.60. The van der Waals surface area contributed by atoms with Crippen molar-refractivity contribution in [2.75, 3.05) is 7.05 Å². The van der Waals surface area contributed by atoms with Crippen LogP contribution in [0.15, 0.2) is 54.6 Å². The Hall–Kier alpha value is -2.13. The van der Waals surface area contributed by atoms with Crippen LogP contribution in [0.2, 0.25) is 0 Å². The average molecular weight is 309 g/mol. The Bertz CT molecular complexity index is 788. The summed E-state index contributed by atoms with van der Waals surface area (Å²) < 4.78 is 1.16. The van der Waals surface area contributed by atoms with Crippen LogP contribution in [0.4, 0.5) is 0 Å². The summed E-state index contributed by atoms with van der Waals surface area (Å²) in [4.78, 5) is 15.4. The van der Waals surface area contributed by atoms with E-state index in [1.54, 1.807) is 11.3 Å². The fraction of sp³-hybridized carbons (Fsp3) is 0.211. The summed E-state index contributed by atoms with van der Waals surface area (Å²) in [6, 6.07) is 18.4. The van der Waals surface area contributed by atoms with Gasteiger partial charge in [-0.2, -0.15) is 0 Å². The molecule has 112 valence electrons. The lowest BCUT2D eigenvalue weighted by molar-refractivity contribution is 0.0747. The van der Waals surface area contributed by atoms with Gasteiger partial charge in [-0.1, -0.05) is 42.5 Å². The van der Waals surface area contributed by atoms with Crippen molar-refractivity contribution >= 4 is 27.3 Å². The van der Waals surface area contributed by atoms with Crippen LogP contribution in [-0.2, 0) is 0 Å². The van der Waals surface area contributed by atoms with Gasteiger partial charge >= 0.3 is 0 Å². The first-order chi connectivity index (χ1) is 10.6. The van der Waals surface area contributed by atoms with Gasteiger partial charge in [-0.05, 0) is 42.5 Å². The predicted molar refractivity (Wildman–Crippen MR) is 93.5 cm³/mol. The molecule has 3 rings (SSSR count). The molecule has 22 heavy (non-hydrogen) atoms. The van der Waals surface area contributed by atoms with Crippen LogP contribution in [0.5, 0.6) is 0 Å². The van der Waals surface area contributed by atoms with E-state index >= 15 is 0 Å². The van der Waals surface area contributed by atoms with E-state index in [0.717, 1.165) is 15.0 Å². The van der Waals surface area contributed by atoms with Gasteiger partial charge in [-0.3, -0.25) is 4.79 Å². The highest BCUT2D eigenvalue weighted by atomic mass is 32.1. The van der Waals surface area contributed by atoms with Gasteiger partial charge in [0.25, 0.3) is 5.91 Å². The summed E-state index contributed by atoms with van der Waals surface area (Å²) in [7, 11) is 1.88. The molecule has 0 saturated heterocycles. The third kappa shape index (κ3) is 2.64. The zero-order valence-electron chi connectivity index (χ0n) is 13.0. The Labute approximate surface area is 135 Å². The lowest BCUT2D eigenvalue weighted by Gasteiger charge is -2.26. The van der Waals surface area contributed by atoms with Crippen LogP contribution in [0.3, 0.4) is 0 Å². The first-order valence-electron chi connectivity index (χ1n) is 7.39. The van der Waals surface area contributed by atoms with Crippen molar-refractivity contribution in [3.8, 4) is 0 Å². The first-order valence-corrected chi connectivity index (χ1v) is 8.21. The molecular weight excluding hydrogens is 290 g/mol. The van der Waals surface area contributed by atoms with Crippen LogP contribution < -0.4 is 0 Å². The number of thiophene rings is 1. The molecular formula is C19H19NOS. The second kappa shape index (κ2) is 5.93. The molecule has 1 atom stereocenters. The predicted octanol–water partition coefficient (Wildman–Crippen LogP) is 5.04. The lowest BCUT2D eigenvalue weighted by Crippen LogP contribution is -2.29. The van der Waals surface area contributed by atoms with Gasteiger partial charge in [-0.25, -0.2) is 0 Å². The largest absolute Gasteiger partial charge is 0.334 e. The summed E-state index contributed by atoms with van der Waals surface area (Å²) in [5.74, 6) is 0.0805. The minimum atomic E-state index is 0.0545. The summed E-state index contributed by atoms with van der Waals surface area (Å²) in [6.45, 7) is 4.16. The van der Waals surface area contributed by atoms with E-state index in [4.69, 9.17) is 0 Å². The van der Waals surface area contributed by atoms with Crippen molar-refractivity contribution in [2.45, 2.75) is 19.9 Å². The van der Waals surface area contributed by atoms with Gasteiger partial charge in [0, 0.05) is 11.7 Å². The zero-order valence-corrected chi connectivity index (χ0v) is 13.9. The minimum Gasteiger partial charge on any atom is -0.334 e. The van der Waals surface area contributed by atoms with E-state index in [1.165, 1.54) is 11.1 Å². The maximum Gasteiger partial charge on any atom is 0.264 e. The standard InChI is InChI=1S/C19H19NOS/c1-13-8-4-6-10-16(13)14(2)20(3)19(21)18-12-15-9-5-7-11-17(15)22-18/h4-12,14H,1-3H3. The van der Waals surface area contributed by atoms with Crippen molar-refractivity contribution in [3.63, 3.8) is 0 Å². The van der Waals surface area contributed by atoms with Crippen molar-refractivity contribution in [1.29, 1.82) is 0 Å². The van der Waals surface area contributed by atoms with Gasteiger partial charge in [0.2, 0.25) is 0 Å². The van der Waals surface area contributed by atoms with E-state index < -0.39 is 0 Å². The Morgan fingerprint density at radius 2 is 1.77 bits per heavy atom. The maximum absolute atomic E-state index is 12.8. The summed E-state index contributed by atoms with van der Waals surface area (Å²) in [5.41, 5.74) is 2.41. The molecule has 1 unspecified atom stereocenters. The highest BCUT2D eigenvalue weighted by molar-refractivity contribution is 7.20. The molecule has 0 bridgehead atoms. The fourth-order valence-corrected chi connectivity index (χ4v) is 3.75. The summed E-state index contributed by atoms with van der Waals surface area (Å²) >= 11 is 1.56. The highest BCUT2D eigenvalue weighted by Crippen LogP contribution is 2.29. The number of carbonyl (C=O) groups is 1. The van der Waals surface area contributed by atoms with Crippen molar-refractivity contribution < 1.29 is 4.79 Å². The molecule has 1 amide bonds. The number of hydrogen-bond donors (Lipinski definition) is 0. The van der Waals surface area contributed by atoms with E-state index in [0.29, 0.717) is 0 Å². The molecule has 0 aliphatic rings. The van der Waals surface area contributed by atoms with Crippen LogP contribution in [0, 0.1) is 6.92 Å². The van der Waals surface area contributed by atoms with Crippen LogP contribution >= 0.6 is 11.3 Å². The van der Waals surface area contributed by atoms with Gasteiger partial charge in [0.15, 0.2) is 0 Å². The van der Waals surface area contributed by atoms with Crippen molar-refractivity contribution in [3.05, 3.63) is 70.6 Å². The van der Waals surface area contributed by atoms with E-state index in [2.05, 4.69) is 32.0 Å². The molecule has 0 fully saturated rings. The Morgan fingerprint density at radius 3 is 2.50 bits per heavy atom. The number of amides is 1. The SMILES string of the molecule is Cc1ccccc1C(C)N(C)C(=O)c1cc2ccccc2s1. The fourth-order valence-electron chi connectivity index (χ4n) is 2.70. The first kappa shape index (κ1) is 14.8. The summed E-state index contributed by atoms with van der Waals surface area (Å²) in [6.07, 6.45) is 0. The quantitative estimate of drug-likeness (QED) is 0.663. The number of carbonyl (C=O) groups excluding carboxylic acids is 1. The number of fused-ring (bicyclic) bond motifs is 1. The Kier molecular flexibility index (Phi) is 3.99. The van der Waals surface area contributed by atoms with E-state index in [-0.39, 0.29) is 11.9 Å². The second-order valence-corrected chi connectivity index (χ2v) is 6.68. The molecule has 1 aromatic heterocycles. The van der Waals surface area contributed by atoms with E-state index in [9.17, 15) is 4.79 Å². The maximum atomic E-state index is 12.8. The number of rotatable bonds is 3. The van der Waals surface area contributed by atoms with Gasteiger partial charge in [-0.15, -0.1) is 11.3 Å². The lowest BCUT2D eigenvalue weighted by atomic mass is 10.0. The molecule has 0 N–H and O–H groups in total. The minimum absolute atomic E-state index is 0.0545. The molecule has 1 heterocycles. The molecule has 0 saturated carbocycles. The monoisotopic (exact) mass is 309 g/mol. The van der Waals surface area contributed by atoms with Crippen LogP contribution in [-0.4, -0.2) is 17.9 Å². The molecule has 2 nitrogen and oxygen atoms in total. The average Bonchev–Trinajstić information content (AvgIpc) is 2.97. The third-order valence-electron chi connectivity index (χ3n) is 4.18. The van der Waals surface area contributed by atoms with Gasteiger partial charge in [0.05, 0.1) is 10.9 Å². The molecule has 0 radical (unpaired) electrons. The summed E-state index contributed by atoms with van der Waals surface area (Å²) in [5, 5.41) is 1.13. The molecule has 0 aliphatic carbocycles.